The van der Waals surface area contributed by atoms with Gasteiger partial charge in [-0.05, 0) is 24.1 Å². The van der Waals surface area contributed by atoms with Gasteiger partial charge in [-0.1, -0.05) is 6.07 Å². The van der Waals surface area contributed by atoms with Crippen molar-refractivity contribution in [1.29, 1.82) is 0 Å². The topological polar surface area (TPSA) is 38.7 Å². The Labute approximate surface area is 82.1 Å². The zero-order valence-corrected chi connectivity index (χ0v) is 7.41. The van der Waals surface area contributed by atoms with Gasteiger partial charge in [0.05, 0.1) is 18.3 Å². The highest BCUT2D eigenvalue weighted by molar-refractivity contribution is 5.42. The van der Waals surface area contributed by atoms with Crippen molar-refractivity contribution in [3.63, 3.8) is 0 Å². The molecule has 0 aromatic heterocycles. The highest BCUT2D eigenvalue weighted by Gasteiger charge is 2.03. The van der Waals surface area contributed by atoms with E-state index in [0.29, 0.717) is 12.2 Å². The Hall–Kier alpha value is -1.22. The zero-order chi connectivity index (χ0) is 12.2. The largest absolute Gasteiger partial charge is 0.493 e. The van der Waals surface area contributed by atoms with Crippen molar-refractivity contribution in [2.75, 3.05) is 20.8 Å². The van der Waals surface area contributed by atoms with E-state index in [0.717, 1.165) is 5.56 Å². The lowest BCUT2D eigenvalue weighted by Crippen LogP contribution is -1.94. The molecule has 3 heteroatoms. The van der Waals surface area contributed by atoms with Crippen LogP contribution < -0.4 is 9.47 Å². The van der Waals surface area contributed by atoms with Crippen molar-refractivity contribution in [1.82, 2.24) is 0 Å². The second-order valence-corrected chi connectivity index (χ2v) is 2.56. The van der Waals surface area contributed by atoms with Crippen LogP contribution in [0.3, 0.4) is 0 Å². The molecule has 13 heavy (non-hydrogen) atoms. The third-order valence-electron chi connectivity index (χ3n) is 1.74. The summed E-state index contributed by atoms with van der Waals surface area (Å²) in [5, 5.41) is 8.78. The minimum absolute atomic E-state index is 0.0304. The Bertz CT molecular complexity index is 350. The van der Waals surface area contributed by atoms with Gasteiger partial charge in [0.25, 0.3) is 0 Å². The zero-order valence-electron chi connectivity index (χ0n) is 10.4. The van der Waals surface area contributed by atoms with Gasteiger partial charge in [0, 0.05) is 6.61 Å². The molecule has 3 nitrogen and oxygen atoms in total. The fourth-order valence-electron chi connectivity index (χ4n) is 1.08. The van der Waals surface area contributed by atoms with Crippen LogP contribution in [0.1, 0.15) is 9.68 Å². The van der Waals surface area contributed by atoms with Gasteiger partial charge < -0.3 is 14.6 Å². The second-order valence-electron chi connectivity index (χ2n) is 2.56. The number of hydrogen-bond acceptors (Lipinski definition) is 3. The fourth-order valence-corrected chi connectivity index (χ4v) is 1.08. The molecule has 1 aromatic carbocycles. The van der Waals surface area contributed by atoms with Crippen molar-refractivity contribution in [2.45, 2.75) is 6.42 Å². The lowest BCUT2D eigenvalue weighted by molar-refractivity contribution is 0.299. The van der Waals surface area contributed by atoms with Crippen molar-refractivity contribution < 1.29 is 18.7 Å². The standard InChI is InChI=1S/C10H14O3/c1-12-9-4-3-8(5-6-11)7-10(9)13-2/h3-4,7,11H,5-6H2,1-2H3/i1D3. The van der Waals surface area contributed by atoms with Gasteiger partial charge in [-0.25, -0.2) is 0 Å². The molecule has 0 aliphatic rings. The lowest BCUT2D eigenvalue weighted by Gasteiger charge is -2.08. The van der Waals surface area contributed by atoms with Crippen LogP contribution in [0, 0.1) is 0 Å². The molecule has 1 rings (SSSR count). The Balaban J connectivity index is 2.93. The molecule has 0 unspecified atom stereocenters. The van der Waals surface area contributed by atoms with Crippen molar-refractivity contribution in [3.8, 4) is 11.5 Å². The second kappa shape index (κ2) is 4.72. The molecule has 1 aromatic rings. The maximum atomic E-state index is 8.78. The predicted molar refractivity (Wildman–Crippen MR) is 50.3 cm³/mol. The quantitative estimate of drug-likeness (QED) is 0.767. The Morgan fingerprint density at radius 3 is 2.85 bits per heavy atom. The van der Waals surface area contributed by atoms with E-state index < -0.39 is 7.04 Å². The monoisotopic (exact) mass is 185 g/mol. The Morgan fingerprint density at radius 1 is 1.38 bits per heavy atom. The van der Waals surface area contributed by atoms with Crippen LogP contribution in [0.15, 0.2) is 18.2 Å². The molecule has 1 N–H and O–H groups in total. The maximum Gasteiger partial charge on any atom is 0.160 e. The predicted octanol–water partition coefficient (Wildman–Crippen LogP) is 1.24. The van der Waals surface area contributed by atoms with Crippen molar-refractivity contribution >= 4 is 0 Å². The smallest absolute Gasteiger partial charge is 0.160 e. The fraction of sp³-hybridized carbons (Fsp3) is 0.400. The first-order valence-corrected chi connectivity index (χ1v) is 3.93. The highest BCUT2D eigenvalue weighted by Crippen LogP contribution is 2.27. The van der Waals surface area contributed by atoms with Gasteiger partial charge in [-0.15, -0.1) is 0 Å². The summed E-state index contributed by atoms with van der Waals surface area (Å²) in [7, 11) is -1.06. The van der Waals surface area contributed by atoms with E-state index in [4.69, 9.17) is 18.7 Å². The molecule has 0 radical (unpaired) electrons. The van der Waals surface area contributed by atoms with Crippen LogP contribution in [0.5, 0.6) is 11.5 Å². The van der Waals surface area contributed by atoms with Crippen molar-refractivity contribution in [3.05, 3.63) is 23.8 Å². The molecule has 0 atom stereocenters. The van der Waals surface area contributed by atoms with Gasteiger partial charge >= 0.3 is 0 Å². The van der Waals surface area contributed by atoms with E-state index in [-0.39, 0.29) is 12.4 Å². The van der Waals surface area contributed by atoms with Crippen LogP contribution in [0.25, 0.3) is 0 Å². The summed E-state index contributed by atoms with van der Waals surface area (Å²) in [5.74, 6) is 0.520. The summed E-state index contributed by atoms with van der Waals surface area (Å²) in [5.41, 5.74) is 0.859. The molecule has 0 spiro atoms. The molecule has 0 aliphatic carbocycles. The summed E-state index contributed by atoms with van der Waals surface area (Å²) in [6, 6.07) is 4.87. The van der Waals surface area contributed by atoms with Crippen LogP contribution in [-0.2, 0) is 6.42 Å². The summed E-state index contributed by atoms with van der Waals surface area (Å²) in [4.78, 5) is 0. The molecule has 0 aliphatic heterocycles. The first-order chi connectivity index (χ1) is 7.46. The third-order valence-corrected chi connectivity index (χ3v) is 1.74. The molecule has 0 saturated heterocycles. The average Bonchev–Trinajstić information content (AvgIpc) is 2.18. The highest BCUT2D eigenvalue weighted by atomic mass is 16.5. The summed E-state index contributed by atoms with van der Waals surface area (Å²) >= 11 is 0. The SMILES string of the molecule is [2H]C([2H])([2H])Oc1ccc(CCO)cc1OC. The van der Waals surface area contributed by atoms with Gasteiger partial charge in [-0.3, -0.25) is 0 Å². The number of methoxy groups -OCH3 is 2. The summed E-state index contributed by atoms with van der Waals surface area (Å²) in [6.07, 6.45) is 0.490. The first kappa shape index (κ1) is 6.27. The maximum absolute atomic E-state index is 8.78. The average molecular weight is 185 g/mol. The number of aliphatic hydroxyl groups excluding tert-OH is 1. The molecule has 0 bridgehead atoms. The Kier molecular flexibility index (Phi) is 2.28. The van der Waals surface area contributed by atoms with Gasteiger partial charge in [-0.2, -0.15) is 0 Å². The molecule has 72 valence electrons. The van der Waals surface area contributed by atoms with E-state index in [9.17, 15) is 0 Å². The molecule has 0 saturated carbocycles. The lowest BCUT2D eigenvalue weighted by atomic mass is 10.1. The van der Waals surface area contributed by atoms with Gasteiger partial charge in [0.1, 0.15) is 0 Å². The third kappa shape index (κ3) is 2.36. The normalized spacial score (nSPS) is 14.2. The molecule has 0 amide bonds. The number of rotatable bonds is 4. The van der Waals surface area contributed by atoms with E-state index in [2.05, 4.69) is 0 Å². The molecular weight excluding hydrogens is 168 g/mol. The molecule has 0 heterocycles. The van der Waals surface area contributed by atoms with E-state index in [1.165, 1.54) is 13.2 Å². The number of ether oxygens (including phenoxy) is 2. The molecule has 0 fully saturated rings. The number of hydrogen-bond donors (Lipinski definition) is 1. The molecular formula is C10H14O3. The summed E-state index contributed by atoms with van der Waals surface area (Å²) < 4.78 is 30.8. The van der Waals surface area contributed by atoms with Crippen LogP contribution >= 0.6 is 0 Å². The Morgan fingerprint density at radius 2 is 2.23 bits per heavy atom. The van der Waals surface area contributed by atoms with Crippen LogP contribution in [0.4, 0.5) is 0 Å². The number of benzene rings is 1. The van der Waals surface area contributed by atoms with Crippen molar-refractivity contribution in [2.24, 2.45) is 0 Å². The summed E-state index contributed by atoms with van der Waals surface area (Å²) in [6.45, 7) is 0.0304. The number of aliphatic hydroxyl groups is 1. The first-order valence-electron chi connectivity index (χ1n) is 5.43. The van der Waals surface area contributed by atoms with Crippen LogP contribution in [0.2, 0.25) is 0 Å². The minimum atomic E-state index is -2.49. The van der Waals surface area contributed by atoms with E-state index in [1.807, 2.05) is 0 Å². The minimum Gasteiger partial charge on any atom is -0.493 e. The van der Waals surface area contributed by atoms with Gasteiger partial charge in [0.2, 0.25) is 0 Å². The van der Waals surface area contributed by atoms with Crippen LogP contribution in [-0.4, -0.2) is 25.9 Å². The van der Waals surface area contributed by atoms with E-state index in [1.54, 1.807) is 12.1 Å². The van der Waals surface area contributed by atoms with E-state index >= 15 is 0 Å². The van der Waals surface area contributed by atoms with Gasteiger partial charge in [0.15, 0.2) is 11.5 Å².